The molecule has 5 nitrogen and oxygen atoms in total. The summed E-state index contributed by atoms with van der Waals surface area (Å²) in [7, 11) is 0. The van der Waals surface area contributed by atoms with Gasteiger partial charge in [-0.2, -0.15) is 8.78 Å². The SMILES string of the molecule is CC(C)(C)OC(=O)NCC1CCCC1Nc1cccc(OC(F)F)c1. The van der Waals surface area contributed by atoms with Gasteiger partial charge in [0.1, 0.15) is 11.4 Å². The van der Waals surface area contributed by atoms with Crippen LogP contribution in [0.4, 0.5) is 19.3 Å². The molecule has 1 aromatic carbocycles. The molecule has 0 bridgehead atoms. The van der Waals surface area contributed by atoms with E-state index in [0.29, 0.717) is 6.54 Å². The van der Waals surface area contributed by atoms with Crippen LogP contribution < -0.4 is 15.4 Å². The van der Waals surface area contributed by atoms with E-state index in [-0.39, 0.29) is 17.7 Å². The van der Waals surface area contributed by atoms with Crippen molar-refractivity contribution in [1.82, 2.24) is 5.32 Å². The van der Waals surface area contributed by atoms with Crippen LogP contribution in [-0.2, 0) is 4.74 Å². The molecule has 0 heterocycles. The minimum atomic E-state index is -2.84. The van der Waals surface area contributed by atoms with Crippen LogP contribution in [0.1, 0.15) is 40.0 Å². The average Bonchev–Trinajstić information content (AvgIpc) is 2.90. The maximum atomic E-state index is 12.3. The molecule has 0 saturated heterocycles. The lowest BCUT2D eigenvalue weighted by Crippen LogP contribution is -2.38. The molecule has 0 aromatic heterocycles. The first-order valence-electron chi connectivity index (χ1n) is 8.51. The molecule has 0 aliphatic heterocycles. The number of benzene rings is 1. The van der Waals surface area contributed by atoms with Crippen LogP contribution in [0.15, 0.2) is 24.3 Å². The minimum absolute atomic E-state index is 0.126. The van der Waals surface area contributed by atoms with Crippen molar-refractivity contribution in [2.75, 3.05) is 11.9 Å². The molecule has 2 N–H and O–H groups in total. The van der Waals surface area contributed by atoms with Crippen molar-refractivity contribution in [3.05, 3.63) is 24.3 Å². The Bertz CT molecular complexity index is 576. The van der Waals surface area contributed by atoms with Crippen molar-refractivity contribution in [1.29, 1.82) is 0 Å². The van der Waals surface area contributed by atoms with E-state index in [1.54, 1.807) is 12.1 Å². The molecule has 1 saturated carbocycles. The van der Waals surface area contributed by atoms with E-state index in [1.807, 2.05) is 26.8 Å². The molecule has 1 fully saturated rings. The lowest BCUT2D eigenvalue weighted by molar-refractivity contribution is -0.0498. The summed E-state index contributed by atoms with van der Waals surface area (Å²) < 4.78 is 34.3. The maximum Gasteiger partial charge on any atom is 0.407 e. The Morgan fingerprint density at radius 3 is 2.76 bits per heavy atom. The minimum Gasteiger partial charge on any atom is -0.444 e. The van der Waals surface area contributed by atoms with Gasteiger partial charge >= 0.3 is 12.7 Å². The van der Waals surface area contributed by atoms with Gasteiger partial charge in [0.05, 0.1) is 0 Å². The molecule has 0 spiro atoms. The predicted molar refractivity (Wildman–Crippen MR) is 92.1 cm³/mol. The molecule has 2 rings (SSSR count). The van der Waals surface area contributed by atoms with Crippen molar-refractivity contribution in [3.63, 3.8) is 0 Å². The monoisotopic (exact) mass is 356 g/mol. The average molecular weight is 356 g/mol. The normalized spacial score (nSPS) is 20.4. The summed E-state index contributed by atoms with van der Waals surface area (Å²) in [6, 6.07) is 6.70. The first-order valence-corrected chi connectivity index (χ1v) is 8.51. The Labute approximate surface area is 147 Å². The number of halogens is 2. The van der Waals surface area contributed by atoms with Crippen LogP contribution in [-0.4, -0.2) is 30.9 Å². The fraction of sp³-hybridized carbons (Fsp3) is 0.611. The van der Waals surface area contributed by atoms with Gasteiger partial charge in [-0.15, -0.1) is 0 Å². The Morgan fingerprint density at radius 1 is 1.32 bits per heavy atom. The predicted octanol–water partition coefficient (Wildman–Crippen LogP) is 4.39. The Kier molecular flexibility index (Phi) is 6.45. The molecule has 2 unspecified atom stereocenters. The number of carbonyl (C=O) groups excluding carboxylic acids is 1. The number of ether oxygens (including phenoxy) is 2. The van der Waals surface area contributed by atoms with Crippen molar-refractivity contribution >= 4 is 11.8 Å². The smallest absolute Gasteiger partial charge is 0.407 e. The van der Waals surface area contributed by atoms with E-state index in [1.165, 1.54) is 6.07 Å². The Hall–Kier alpha value is -2.05. The van der Waals surface area contributed by atoms with Crippen LogP contribution in [0.3, 0.4) is 0 Å². The van der Waals surface area contributed by atoms with Crippen molar-refractivity contribution in [3.8, 4) is 5.75 Å². The number of hydrogen-bond acceptors (Lipinski definition) is 4. The number of nitrogens with one attached hydrogen (secondary N) is 2. The van der Waals surface area contributed by atoms with Gasteiger partial charge in [-0.05, 0) is 51.7 Å². The molecule has 25 heavy (non-hydrogen) atoms. The third-order valence-corrected chi connectivity index (χ3v) is 3.98. The molecular weight excluding hydrogens is 330 g/mol. The number of alkyl halides is 2. The molecule has 1 aliphatic rings. The number of rotatable bonds is 6. The Balaban J connectivity index is 1.88. The van der Waals surface area contributed by atoms with E-state index in [2.05, 4.69) is 15.4 Å². The number of anilines is 1. The summed E-state index contributed by atoms with van der Waals surface area (Å²) in [5.74, 6) is 0.383. The molecule has 2 atom stereocenters. The summed E-state index contributed by atoms with van der Waals surface area (Å²) in [6.45, 7) is 3.13. The van der Waals surface area contributed by atoms with Crippen LogP contribution >= 0.6 is 0 Å². The molecular formula is C18H26F2N2O3. The van der Waals surface area contributed by atoms with Crippen molar-refractivity contribution < 1.29 is 23.0 Å². The summed E-state index contributed by atoms with van der Waals surface area (Å²) >= 11 is 0. The maximum absolute atomic E-state index is 12.3. The second-order valence-corrected chi connectivity index (χ2v) is 7.23. The van der Waals surface area contributed by atoms with Crippen LogP contribution in [0, 0.1) is 5.92 Å². The molecule has 1 amide bonds. The fourth-order valence-electron chi connectivity index (χ4n) is 2.98. The van der Waals surface area contributed by atoms with E-state index in [0.717, 1.165) is 24.9 Å². The zero-order valence-corrected chi connectivity index (χ0v) is 14.9. The van der Waals surface area contributed by atoms with Gasteiger partial charge in [0.2, 0.25) is 0 Å². The van der Waals surface area contributed by atoms with Gasteiger partial charge in [0.15, 0.2) is 0 Å². The van der Waals surface area contributed by atoms with Gasteiger partial charge in [-0.1, -0.05) is 12.5 Å². The first-order chi connectivity index (χ1) is 11.7. The molecule has 0 radical (unpaired) electrons. The lowest BCUT2D eigenvalue weighted by Gasteiger charge is -2.24. The molecule has 7 heteroatoms. The van der Waals surface area contributed by atoms with Gasteiger partial charge < -0.3 is 20.1 Å². The second-order valence-electron chi connectivity index (χ2n) is 7.23. The highest BCUT2D eigenvalue weighted by Crippen LogP contribution is 2.29. The number of amides is 1. The van der Waals surface area contributed by atoms with E-state index < -0.39 is 18.3 Å². The summed E-state index contributed by atoms with van der Waals surface area (Å²) in [6.07, 6.45) is 2.57. The highest BCUT2D eigenvalue weighted by Gasteiger charge is 2.28. The number of hydrogen-bond donors (Lipinski definition) is 2. The van der Waals surface area contributed by atoms with E-state index >= 15 is 0 Å². The molecule has 1 aromatic rings. The van der Waals surface area contributed by atoms with Crippen LogP contribution in [0.25, 0.3) is 0 Å². The lowest BCUT2D eigenvalue weighted by atomic mass is 10.0. The van der Waals surface area contributed by atoms with Crippen LogP contribution in [0.5, 0.6) is 5.75 Å². The quantitative estimate of drug-likeness (QED) is 0.793. The third kappa shape index (κ3) is 6.76. The topological polar surface area (TPSA) is 59.6 Å². The third-order valence-electron chi connectivity index (χ3n) is 3.98. The summed E-state index contributed by atoms with van der Waals surface area (Å²) in [4.78, 5) is 11.8. The van der Waals surface area contributed by atoms with Crippen LogP contribution in [0.2, 0.25) is 0 Å². The fourth-order valence-corrected chi connectivity index (χ4v) is 2.98. The summed E-state index contributed by atoms with van der Waals surface area (Å²) in [5, 5.41) is 6.17. The van der Waals surface area contributed by atoms with Gasteiger partial charge in [-0.3, -0.25) is 0 Å². The highest BCUT2D eigenvalue weighted by atomic mass is 19.3. The first kappa shape index (κ1) is 19.3. The molecule has 1 aliphatic carbocycles. The van der Waals surface area contributed by atoms with Crippen molar-refractivity contribution in [2.24, 2.45) is 5.92 Å². The standard InChI is InChI=1S/C18H26F2N2O3/c1-18(2,3)25-17(23)21-11-12-6-4-9-15(12)22-13-7-5-8-14(10-13)24-16(19)20/h5,7-8,10,12,15-16,22H,4,6,9,11H2,1-3H3,(H,21,23). The van der Waals surface area contributed by atoms with Gasteiger partial charge in [-0.25, -0.2) is 4.79 Å². The second kappa shape index (κ2) is 8.36. The number of alkyl carbamates (subject to hydrolysis) is 1. The van der Waals surface area contributed by atoms with E-state index in [9.17, 15) is 13.6 Å². The summed E-state index contributed by atoms with van der Waals surface area (Å²) in [5.41, 5.74) is 0.204. The van der Waals surface area contributed by atoms with Gasteiger partial charge in [0.25, 0.3) is 0 Å². The van der Waals surface area contributed by atoms with Gasteiger partial charge in [0, 0.05) is 24.3 Å². The number of carbonyl (C=O) groups is 1. The highest BCUT2D eigenvalue weighted by molar-refractivity contribution is 5.67. The largest absolute Gasteiger partial charge is 0.444 e. The zero-order valence-electron chi connectivity index (χ0n) is 14.9. The van der Waals surface area contributed by atoms with Crippen molar-refractivity contribution in [2.45, 2.75) is 58.3 Å². The van der Waals surface area contributed by atoms with E-state index in [4.69, 9.17) is 4.74 Å². The Morgan fingerprint density at radius 2 is 2.08 bits per heavy atom. The molecule has 140 valence electrons. The zero-order chi connectivity index (χ0) is 18.4.